The molecule has 0 fully saturated rings. The molecule has 0 saturated carbocycles. The van der Waals surface area contributed by atoms with Crippen LogP contribution in [0.2, 0.25) is 5.02 Å². The number of pyridine rings is 1. The Labute approximate surface area is 199 Å². The van der Waals surface area contributed by atoms with Crippen molar-refractivity contribution in [3.8, 4) is 22.8 Å². The number of alkyl halides is 2. The average molecular weight is 518 g/mol. The average Bonchev–Trinajstić information content (AvgIpc) is 3.30. The zero-order valence-electron chi connectivity index (χ0n) is 17.7. The van der Waals surface area contributed by atoms with Crippen LogP contribution in [0.5, 0.6) is 11.6 Å². The van der Waals surface area contributed by atoms with Crippen LogP contribution in [-0.2, 0) is 6.54 Å². The first kappa shape index (κ1) is 25.6. The van der Waals surface area contributed by atoms with Crippen molar-refractivity contribution in [1.29, 1.82) is 0 Å². The lowest BCUT2D eigenvalue weighted by molar-refractivity contribution is 0.0802. The molecule has 3 N–H and O–H groups in total. The second-order valence-electron chi connectivity index (χ2n) is 6.61. The maximum Gasteiger partial charge on any atom is 0.333 e. The minimum atomic E-state index is -2.87. The van der Waals surface area contributed by atoms with E-state index in [0.717, 1.165) is 18.3 Å². The van der Waals surface area contributed by atoms with Gasteiger partial charge in [0.15, 0.2) is 11.6 Å². The Morgan fingerprint density at radius 3 is 2.57 bits per heavy atom. The van der Waals surface area contributed by atoms with Crippen molar-refractivity contribution in [2.24, 2.45) is 0 Å². The second-order valence-corrected chi connectivity index (χ2v) is 7.05. The van der Waals surface area contributed by atoms with E-state index in [1.165, 1.54) is 19.2 Å². The Hall–Kier alpha value is -4.07. The number of aromatic nitrogens is 2. The van der Waals surface area contributed by atoms with Gasteiger partial charge in [0.1, 0.15) is 12.4 Å². The van der Waals surface area contributed by atoms with Crippen LogP contribution in [0.15, 0.2) is 35.0 Å². The molecule has 1 aromatic carbocycles. The van der Waals surface area contributed by atoms with Crippen molar-refractivity contribution in [2.75, 3.05) is 13.7 Å². The van der Waals surface area contributed by atoms with Crippen LogP contribution in [0.4, 0.5) is 22.4 Å². The molecule has 0 radical (unpaired) electrons. The van der Waals surface area contributed by atoms with E-state index in [1.807, 2.05) is 10.9 Å². The van der Waals surface area contributed by atoms with Gasteiger partial charge >= 0.3 is 11.9 Å². The molecule has 0 saturated heterocycles. The molecule has 0 unspecified atom stereocenters. The number of carbonyl (C=O) groups excluding carboxylic acids is 2. The van der Waals surface area contributed by atoms with Crippen LogP contribution in [0, 0.1) is 11.6 Å². The van der Waals surface area contributed by atoms with Gasteiger partial charge in [-0.1, -0.05) is 11.6 Å². The van der Waals surface area contributed by atoms with Crippen molar-refractivity contribution < 1.29 is 41.1 Å². The smallest absolute Gasteiger partial charge is 0.333 e. The van der Waals surface area contributed by atoms with Crippen molar-refractivity contribution in [3.63, 3.8) is 0 Å². The van der Waals surface area contributed by atoms with E-state index in [4.69, 9.17) is 25.6 Å². The fraction of sp³-hybridized carbons (Fsp3) is 0.200. The summed E-state index contributed by atoms with van der Waals surface area (Å²) in [6.45, 7) is -1.48. The predicted octanol–water partition coefficient (Wildman–Crippen LogP) is 3.46. The Balaban J connectivity index is 1.63. The number of nitrogens with zero attached hydrogens (tertiary/aromatic N) is 2. The van der Waals surface area contributed by atoms with Crippen molar-refractivity contribution >= 4 is 23.5 Å². The quantitative estimate of drug-likeness (QED) is 0.308. The van der Waals surface area contributed by atoms with Gasteiger partial charge in [-0.05, 0) is 23.4 Å². The topological polar surface area (TPSA) is 128 Å². The molecule has 0 bridgehead atoms. The molecule has 3 aromatic rings. The highest BCUT2D eigenvalue weighted by molar-refractivity contribution is 6.31. The number of carbonyl (C=O) groups is 2. The minimum absolute atomic E-state index is 0.00360. The summed E-state index contributed by atoms with van der Waals surface area (Å²) in [6, 6.07) is 3.30. The first-order valence-electron chi connectivity index (χ1n) is 9.57. The van der Waals surface area contributed by atoms with Crippen LogP contribution in [0.3, 0.4) is 0 Å². The lowest BCUT2D eigenvalue weighted by Crippen LogP contribution is -2.46. The van der Waals surface area contributed by atoms with Crippen LogP contribution in [0.25, 0.3) is 11.1 Å². The molecular formula is C20H16ClF4N5O5. The summed E-state index contributed by atoms with van der Waals surface area (Å²) in [5.74, 6) is -3.47. The molecule has 10 nitrogen and oxygen atoms in total. The van der Waals surface area contributed by atoms with Gasteiger partial charge < -0.3 is 19.3 Å². The zero-order valence-corrected chi connectivity index (χ0v) is 18.5. The number of hydrogen-bond acceptors (Lipinski definition) is 7. The van der Waals surface area contributed by atoms with E-state index in [1.54, 1.807) is 0 Å². The third-order valence-electron chi connectivity index (χ3n) is 4.22. The third-order valence-corrected chi connectivity index (χ3v) is 4.44. The van der Waals surface area contributed by atoms with E-state index in [9.17, 15) is 27.2 Å². The highest BCUT2D eigenvalue weighted by Crippen LogP contribution is 2.35. The van der Waals surface area contributed by atoms with E-state index in [-0.39, 0.29) is 33.5 Å². The van der Waals surface area contributed by atoms with Gasteiger partial charge in [-0.2, -0.15) is 0 Å². The lowest BCUT2D eigenvalue weighted by atomic mass is 10.1. The van der Waals surface area contributed by atoms with Gasteiger partial charge in [-0.15, -0.1) is 0 Å². The molecular weight excluding hydrogens is 502 g/mol. The normalized spacial score (nSPS) is 10.7. The van der Waals surface area contributed by atoms with Crippen LogP contribution >= 0.6 is 11.6 Å². The Kier molecular flexibility index (Phi) is 8.30. The Bertz CT molecular complexity index is 1230. The van der Waals surface area contributed by atoms with E-state index >= 15 is 0 Å². The predicted molar refractivity (Wildman–Crippen MR) is 112 cm³/mol. The molecule has 2 heterocycles. The number of rotatable bonds is 8. The second kappa shape index (κ2) is 11.4. The summed E-state index contributed by atoms with van der Waals surface area (Å²) in [7, 11) is 1.32. The largest absolute Gasteiger partial charge is 0.484 e. The first-order chi connectivity index (χ1) is 16.7. The molecule has 0 aliphatic heterocycles. The van der Waals surface area contributed by atoms with Gasteiger partial charge in [0.2, 0.25) is 5.76 Å². The third kappa shape index (κ3) is 6.72. The van der Waals surface area contributed by atoms with Gasteiger partial charge in [0, 0.05) is 22.3 Å². The molecule has 2 aromatic heterocycles. The molecule has 3 rings (SSSR count). The summed E-state index contributed by atoms with van der Waals surface area (Å²) in [5, 5.41) is 5.61. The summed E-state index contributed by atoms with van der Waals surface area (Å²) in [5.41, 5.74) is 3.74. The van der Waals surface area contributed by atoms with Crippen molar-refractivity contribution in [1.82, 2.24) is 26.3 Å². The van der Waals surface area contributed by atoms with Crippen molar-refractivity contribution in [3.05, 3.63) is 58.6 Å². The highest BCUT2D eigenvalue weighted by Gasteiger charge is 2.18. The summed E-state index contributed by atoms with van der Waals surface area (Å²) < 4.78 is 68.1. The highest BCUT2D eigenvalue weighted by atomic mass is 35.5. The lowest BCUT2D eigenvalue weighted by Gasteiger charge is -2.14. The number of urea groups is 1. The molecule has 0 aliphatic carbocycles. The van der Waals surface area contributed by atoms with E-state index < -0.39 is 48.9 Å². The number of hydrogen-bond donors (Lipinski definition) is 3. The molecule has 35 heavy (non-hydrogen) atoms. The maximum absolute atomic E-state index is 14.6. The number of halogens is 5. The summed E-state index contributed by atoms with van der Waals surface area (Å²) >= 11 is 5.83. The van der Waals surface area contributed by atoms with Crippen LogP contribution in [-0.4, -0.2) is 42.2 Å². The van der Waals surface area contributed by atoms with Crippen LogP contribution < -0.4 is 25.6 Å². The van der Waals surface area contributed by atoms with Gasteiger partial charge in [-0.25, -0.2) is 27.8 Å². The molecule has 0 atom stereocenters. The fourth-order valence-electron chi connectivity index (χ4n) is 2.66. The number of amides is 3. The van der Waals surface area contributed by atoms with E-state index in [2.05, 4.69) is 15.5 Å². The maximum atomic E-state index is 14.6. The molecule has 0 aliphatic rings. The molecule has 15 heteroatoms. The number of benzene rings is 1. The molecule has 0 spiro atoms. The zero-order chi connectivity index (χ0) is 25.5. The SMILES string of the molecule is COc1cc(C(=O)NNC(=O)NCc2ncc(-c3cc(Cl)cc(F)c3OCC(F)F)cc2F)on1. The number of ether oxygens (including phenoxy) is 2. The molecule has 186 valence electrons. The number of hydrazine groups is 1. The first-order valence-corrected chi connectivity index (χ1v) is 9.95. The number of methoxy groups -OCH3 is 1. The fourth-order valence-corrected chi connectivity index (χ4v) is 2.86. The number of nitrogens with one attached hydrogen (secondary N) is 3. The summed E-state index contributed by atoms with van der Waals surface area (Å²) in [4.78, 5) is 27.6. The Morgan fingerprint density at radius 1 is 1.14 bits per heavy atom. The Morgan fingerprint density at radius 2 is 1.91 bits per heavy atom. The minimum Gasteiger partial charge on any atom is -0.484 e. The monoisotopic (exact) mass is 517 g/mol. The van der Waals surface area contributed by atoms with Gasteiger partial charge in [0.25, 0.3) is 12.3 Å². The molecule has 3 amide bonds. The van der Waals surface area contributed by atoms with Crippen molar-refractivity contribution in [2.45, 2.75) is 13.0 Å². The van der Waals surface area contributed by atoms with Crippen LogP contribution in [0.1, 0.15) is 16.2 Å². The van der Waals surface area contributed by atoms with E-state index in [0.29, 0.717) is 0 Å². The van der Waals surface area contributed by atoms with Gasteiger partial charge in [0.05, 0.1) is 25.4 Å². The van der Waals surface area contributed by atoms with Gasteiger partial charge in [-0.3, -0.25) is 15.2 Å². The standard InChI is InChI=1S/C20H16ClF4N5O5/c1-33-17-5-15(35-30-17)19(31)28-29-20(32)27-7-14-12(22)2-9(6-26-14)11-3-10(21)4-13(23)18(11)34-8-16(24)25/h2-6,16H,7-8H2,1H3,(H,28,31)(H2,27,29,32). The summed E-state index contributed by atoms with van der Waals surface area (Å²) in [6.07, 6.45) is -1.74.